The van der Waals surface area contributed by atoms with Gasteiger partial charge in [0.25, 0.3) is 0 Å². The van der Waals surface area contributed by atoms with Gasteiger partial charge in [-0.05, 0) is 80.7 Å². The van der Waals surface area contributed by atoms with Gasteiger partial charge in [0.2, 0.25) is 5.12 Å². The molecule has 2 aliphatic rings. The maximum atomic E-state index is 13.3. The zero-order chi connectivity index (χ0) is 22.2. The van der Waals surface area contributed by atoms with Gasteiger partial charge in [0, 0.05) is 23.6 Å². The number of benzene rings is 1. The molecule has 2 heterocycles. The Kier molecular flexibility index (Phi) is 8.57. The van der Waals surface area contributed by atoms with Crippen LogP contribution in [0.2, 0.25) is 0 Å². The van der Waals surface area contributed by atoms with Crippen LogP contribution in [0.15, 0.2) is 42.7 Å². The van der Waals surface area contributed by atoms with Crippen molar-refractivity contribution in [3.8, 4) is 5.75 Å². The Morgan fingerprint density at radius 3 is 2.75 bits per heavy atom. The summed E-state index contributed by atoms with van der Waals surface area (Å²) in [6.07, 6.45) is 13.2. The Hall–Kier alpha value is -1.92. The molecule has 0 bridgehead atoms. The van der Waals surface area contributed by atoms with Crippen LogP contribution in [0.5, 0.6) is 5.75 Å². The standard InChI is InChI=1S/C26H33FN2O2S/c27-23-4-1-3-22(15-23)26(30)32-12-10-19-6-8-20(9-7-19)13-21-14-25(17-28-16-21)31-18-24-5-2-11-29-24/h1,3-4,14-17,19-20,24,29H,2,5-13,18H2/t19-,20-,24-/m0/s1. The van der Waals surface area contributed by atoms with Gasteiger partial charge in [-0.15, -0.1) is 0 Å². The largest absolute Gasteiger partial charge is 0.490 e. The summed E-state index contributed by atoms with van der Waals surface area (Å²) in [6.45, 7) is 1.81. The van der Waals surface area contributed by atoms with Crippen LogP contribution in [0.25, 0.3) is 0 Å². The van der Waals surface area contributed by atoms with Gasteiger partial charge in [0.05, 0.1) is 6.20 Å². The van der Waals surface area contributed by atoms with E-state index in [9.17, 15) is 9.18 Å². The van der Waals surface area contributed by atoms with Crippen molar-refractivity contribution in [1.29, 1.82) is 0 Å². The third-order valence-corrected chi connectivity index (χ3v) is 7.63. The molecule has 1 aliphatic carbocycles. The monoisotopic (exact) mass is 456 g/mol. The smallest absolute Gasteiger partial charge is 0.219 e. The van der Waals surface area contributed by atoms with Gasteiger partial charge < -0.3 is 10.1 Å². The third kappa shape index (κ3) is 7.04. The Bertz CT molecular complexity index is 880. The number of aromatic nitrogens is 1. The fraction of sp³-hybridized carbons (Fsp3) is 0.538. The molecule has 1 N–H and O–H groups in total. The zero-order valence-corrected chi connectivity index (χ0v) is 19.4. The fourth-order valence-electron chi connectivity index (χ4n) is 4.82. The van der Waals surface area contributed by atoms with E-state index in [4.69, 9.17) is 4.74 Å². The summed E-state index contributed by atoms with van der Waals surface area (Å²) in [5.74, 6) is 2.72. The van der Waals surface area contributed by atoms with Gasteiger partial charge in [-0.25, -0.2) is 4.39 Å². The summed E-state index contributed by atoms with van der Waals surface area (Å²) in [6, 6.07) is 8.59. The predicted molar refractivity (Wildman–Crippen MR) is 128 cm³/mol. The zero-order valence-electron chi connectivity index (χ0n) is 18.6. The van der Waals surface area contributed by atoms with Crippen LogP contribution >= 0.6 is 11.8 Å². The molecule has 1 saturated heterocycles. The topological polar surface area (TPSA) is 51.2 Å². The van der Waals surface area contributed by atoms with Crippen LogP contribution in [0.4, 0.5) is 4.39 Å². The number of carbonyl (C=O) groups excluding carboxylic acids is 1. The Balaban J connectivity index is 1.15. The predicted octanol–water partition coefficient (Wildman–Crippen LogP) is 5.66. The number of halogens is 1. The minimum Gasteiger partial charge on any atom is -0.490 e. The van der Waals surface area contributed by atoms with E-state index in [0.717, 1.165) is 37.5 Å². The minimum atomic E-state index is -0.354. The quantitative estimate of drug-likeness (QED) is 0.527. The molecule has 0 amide bonds. The Morgan fingerprint density at radius 2 is 1.97 bits per heavy atom. The highest BCUT2D eigenvalue weighted by Gasteiger charge is 2.22. The summed E-state index contributed by atoms with van der Waals surface area (Å²) in [5.41, 5.74) is 1.72. The van der Waals surface area contributed by atoms with Crippen molar-refractivity contribution >= 4 is 16.9 Å². The van der Waals surface area contributed by atoms with Crippen LogP contribution in [0.1, 0.15) is 60.9 Å². The van der Waals surface area contributed by atoms with Crippen LogP contribution in [-0.2, 0) is 6.42 Å². The number of carbonyl (C=O) groups is 1. The molecule has 2 aromatic rings. The summed E-state index contributed by atoms with van der Waals surface area (Å²) < 4.78 is 19.2. The van der Waals surface area contributed by atoms with Crippen LogP contribution in [-0.4, -0.2) is 35.0 Å². The Morgan fingerprint density at radius 1 is 1.12 bits per heavy atom. The summed E-state index contributed by atoms with van der Waals surface area (Å²) in [5, 5.41) is 3.43. The number of ether oxygens (including phenoxy) is 1. The minimum absolute atomic E-state index is 0.0310. The molecule has 0 spiro atoms. The van der Waals surface area contributed by atoms with Gasteiger partial charge in [-0.2, -0.15) is 0 Å². The molecule has 1 saturated carbocycles. The average molecular weight is 457 g/mol. The number of thioether (sulfide) groups is 1. The maximum absolute atomic E-state index is 13.3. The fourth-order valence-corrected chi connectivity index (χ4v) is 5.75. The average Bonchev–Trinajstić information content (AvgIpc) is 3.33. The molecule has 4 nitrogen and oxygen atoms in total. The lowest BCUT2D eigenvalue weighted by Crippen LogP contribution is -2.28. The second-order valence-corrected chi connectivity index (χ2v) is 10.2. The number of nitrogens with one attached hydrogen (secondary N) is 1. The number of hydrogen-bond acceptors (Lipinski definition) is 5. The second-order valence-electron chi connectivity index (χ2n) is 9.16. The van der Waals surface area contributed by atoms with Gasteiger partial charge in [0.1, 0.15) is 18.2 Å². The van der Waals surface area contributed by atoms with Crippen molar-refractivity contribution < 1.29 is 13.9 Å². The molecule has 4 rings (SSSR count). The van der Waals surface area contributed by atoms with Gasteiger partial charge in [-0.3, -0.25) is 9.78 Å². The van der Waals surface area contributed by atoms with Gasteiger partial charge in [-0.1, -0.05) is 36.7 Å². The molecule has 1 aliphatic heterocycles. The van der Waals surface area contributed by atoms with Crippen molar-refractivity contribution in [3.05, 3.63) is 59.7 Å². The van der Waals surface area contributed by atoms with Crippen molar-refractivity contribution in [3.63, 3.8) is 0 Å². The van der Waals surface area contributed by atoms with E-state index in [0.29, 0.717) is 23.4 Å². The van der Waals surface area contributed by atoms with Gasteiger partial charge in [0.15, 0.2) is 0 Å². The summed E-state index contributed by atoms with van der Waals surface area (Å²) in [4.78, 5) is 16.6. The van der Waals surface area contributed by atoms with Crippen LogP contribution in [0.3, 0.4) is 0 Å². The molecule has 2 fully saturated rings. The first-order chi connectivity index (χ1) is 15.7. The maximum Gasteiger partial charge on any atom is 0.219 e. The number of rotatable bonds is 9. The van der Waals surface area contributed by atoms with E-state index in [1.807, 2.05) is 12.4 Å². The first-order valence-electron chi connectivity index (χ1n) is 11.9. The molecule has 1 aromatic heterocycles. The molecule has 32 heavy (non-hydrogen) atoms. The van der Waals surface area contributed by atoms with Crippen molar-refractivity contribution in [2.24, 2.45) is 11.8 Å². The highest BCUT2D eigenvalue weighted by Crippen LogP contribution is 2.34. The molecular weight excluding hydrogens is 423 g/mol. The van der Waals surface area contributed by atoms with Crippen LogP contribution < -0.4 is 10.1 Å². The summed E-state index contributed by atoms with van der Waals surface area (Å²) in [7, 11) is 0. The first-order valence-corrected chi connectivity index (χ1v) is 12.9. The van der Waals surface area contributed by atoms with Crippen molar-refractivity contribution in [2.45, 2.75) is 57.4 Å². The number of hydrogen-bond donors (Lipinski definition) is 1. The molecular formula is C26H33FN2O2S. The van der Waals surface area contributed by atoms with E-state index in [1.54, 1.807) is 12.1 Å². The normalized spacial score (nSPS) is 23.2. The first kappa shape index (κ1) is 23.2. The summed E-state index contributed by atoms with van der Waals surface area (Å²) >= 11 is 1.32. The molecule has 1 atom stereocenters. The SMILES string of the molecule is O=C(SCC[C@H]1CC[C@H](Cc2cncc(OC[C@@H]3CCCN3)c2)CC1)c1cccc(F)c1. The van der Waals surface area contributed by atoms with E-state index in [2.05, 4.69) is 16.4 Å². The molecule has 0 radical (unpaired) electrons. The van der Waals surface area contributed by atoms with E-state index < -0.39 is 0 Å². The lowest BCUT2D eigenvalue weighted by atomic mass is 9.78. The lowest BCUT2D eigenvalue weighted by Gasteiger charge is -2.28. The molecule has 172 valence electrons. The van der Waals surface area contributed by atoms with Crippen LogP contribution in [0, 0.1) is 17.7 Å². The lowest BCUT2D eigenvalue weighted by molar-refractivity contribution is 0.108. The number of pyridine rings is 1. The highest BCUT2D eigenvalue weighted by atomic mass is 32.2. The van der Waals surface area contributed by atoms with Crippen molar-refractivity contribution in [1.82, 2.24) is 10.3 Å². The number of nitrogens with zero attached hydrogens (tertiary/aromatic N) is 1. The molecule has 6 heteroatoms. The highest BCUT2D eigenvalue weighted by molar-refractivity contribution is 8.14. The van der Waals surface area contributed by atoms with Crippen molar-refractivity contribution in [2.75, 3.05) is 18.9 Å². The molecule has 0 unspecified atom stereocenters. The third-order valence-electron chi connectivity index (χ3n) is 6.69. The second kappa shape index (κ2) is 11.8. The van der Waals surface area contributed by atoms with E-state index in [-0.39, 0.29) is 10.9 Å². The van der Waals surface area contributed by atoms with E-state index >= 15 is 0 Å². The Labute approximate surface area is 194 Å². The van der Waals surface area contributed by atoms with Gasteiger partial charge >= 0.3 is 0 Å². The molecule has 1 aromatic carbocycles. The van der Waals surface area contributed by atoms with E-state index in [1.165, 1.54) is 68.0 Å².